The smallest absolute Gasteiger partial charge is 0.253 e. The van der Waals surface area contributed by atoms with Gasteiger partial charge in [0.05, 0.1) is 44.3 Å². The van der Waals surface area contributed by atoms with E-state index in [9.17, 15) is 13.2 Å². The number of rotatable bonds is 19. The number of benzene rings is 2. The van der Waals surface area contributed by atoms with E-state index in [0.29, 0.717) is 39.4 Å². The summed E-state index contributed by atoms with van der Waals surface area (Å²) in [7, 11) is -3.53. The van der Waals surface area contributed by atoms with Crippen molar-refractivity contribution < 1.29 is 13.2 Å². The van der Waals surface area contributed by atoms with Gasteiger partial charge in [0, 0.05) is 5.02 Å². The van der Waals surface area contributed by atoms with Crippen molar-refractivity contribution in [1.82, 2.24) is 5.43 Å². The van der Waals surface area contributed by atoms with Gasteiger partial charge in [-0.1, -0.05) is 137 Å². The number of nitrogens with one attached hydrogen (secondary N) is 2. The second-order valence-corrected chi connectivity index (χ2v) is 14.5. The molecule has 0 aromatic heterocycles. The highest BCUT2D eigenvalue weighted by Crippen LogP contribution is 2.37. The molecule has 0 atom stereocenters. The number of nitrogens with zero attached hydrogens (tertiary/aromatic N) is 2. The lowest BCUT2D eigenvalue weighted by atomic mass is 10.0. The molecule has 0 spiro atoms. The fourth-order valence-corrected chi connectivity index (χ4v) is 6.95. The first kappa shape index (κ1) is 35.8. The maximum atomic E-state index is 12.7. The molecule has 1 fully saturated rings. The fraction of sp³-hybridized carbons (Fsp3) is 0.548. The Balaban J connectivity index is 1.42. The number of hydrogen-bond donors (Lipinski definition) is 2. The molecular weight excluding hydrogens is 650 g/mol. The number of halogens is 4. The molecule has 0 aliphatic carbocycles. The Morgan fingerprint density at radius 3 is 2.00 bits per heavy atom. The summed E-state index contributed by atoms with van der Waals surface area (Å²) in [6.07, 6.45) is 16.9. The lowest BCUT2D eigenvalue weighted by Crippen LogP contribution is -2.36. The molecule has 2 aromatic carbocycles. The zero-order chi connectivity index (χ0) is 31.2. The summed E-state index contributed by atoms with van der Waals surface area (Å²) in [6.45, 7) is 2.25. The molecule has 1 saturated heterocycles. The average Bonchev–Trinajstić information content (AvgIpc) is 3.32. The Bertz CT molecular complexity index is 1350. The van der Waals surface area contributed by atoms with Crippen molar-refractivity contribution in [1.29, 1.82) is 0 Å². The Kier molecular flexibility index (Phi) is 15.2. The van der Waals surface area contributed by atoms with Crippen LogP contribution in [0.15, 0.2) is 35.3 Å². The van der Waals surface area contributed by atoms with Gasteiger partial charge in [-0.05, 0) is 36.8 Å². The number of unbranched alkanes of at least 4 members (excludes halogenated alkanes) is 13. The third kappa shape index (κ3) is 12.3. The van der Waals surface area contributed by atoms with Crippen molar-refractivity contribution >= 4 is 85.2 Å². The lowest BCUT2D eigenvalue weighted by molar-refractivity contribution is -0.116. The zero-order valence-corrected chi connectivity index (χ0v) is 28.6. The molecule has 0 saturated carbocycles. The van der Waals surface area contributed by atoms with E-state index >= 15 is 0 Å². The van der Waals surface area contributed by atoms with Gasteiger partial charge in [0.15, 0.2) is 0 Å². The van der Waals surface area contributed by atoms with E-state index in [4.69, 9.17) is 46.4 Å². The number of amides is 1. The largest absolute Gasteiger partial charge is 0.283 e. The molecule has 2 aromatic rings. The van der Waals surface area contributed by atoms with Gasteiger partial charge in [-0.15, -0.1) is 0 Å². The fourth-order valence-electron chi connectivity index (χ4n) is 4.94. The maximum Gasteiger partial charge on any atom is 0.253 e. The van der Waals surface area contributed by atoms with Crippen LogP contribution in [0.3, 0.4) is 0 Å². The summed E-state index contributed by atoms with van der Waals surface area (Å²) >= 11 is 24.8. The summed E-state index contributed by atoms with van der Waals surface area (Å²) in [5.41, 5.74) is 3.85. The van der Waals surface area contributed by atoms with E-state index in [-0.39, 0.29) is 28.1 Å². The highest BCUT2D eigenvalue weighted by atomic mass is 35.5. The first-order valence-corrected chi connectivity index (χ1v) is 18.4. The lowest BCUT2D eigenvalue weighted by Gasteiger charge is -2.18. The van der Waals surface area contributed by atoms with Gasteiger partial charge in [0.1, 0.15) is 5.84 Å². The van der Waals surface area contributed by atoms with E-state index in [1.54, 1.807) is 12.1 Å². The van der Waals surface area contributed by atoms with Crippen molar-refractivity contribution in [3.63, 3.8) is 0 Å². The van der Waals surface area contributed by atoms with Gasteiger partial charge in [-0.2, -0.15) is 0 Å². The van der Waals surface area contributed by atoms with Gasteiger partial charge in [-0.25, -0.2) is 18.4 Å². The highest BCUT2D eigenvalue weighted by molar-refractivity contribution is 7.92. The average molecular weight is 693 g/mol. The van der Waals surface area contributed by atoms with Crippen molar-refractivity contribution in [3.05, 3.63) is 50.4 Å². The standard InChI is InChI=1S/C31H42Cl4N4O3S/c1-2-3-4-5-6-7-8-9-10-11-12-13-14-15-18-43(41,42)38-24-16-17-25(33)27(21-24)36-29-22-30(40)39(37-29)28-20-23(32)19-26(34)31(28)35/h16-17,19-21,38H,2-15,18,22H2,1H3,(H,36,37). The third-order valence-corrected chi connectivity index (χ3v) is 9.97. The number of anilines is 2. The molecule has 1 aliphatic rings. The van der Waals surface area contributed by atoms with Gasteiger partial charge in [0.2, 0.25) is 10.0 Å². The van der Waals surface area contributed by atoms with E-state index in [1.807, 2.05) is 0 Å². The second kappa shape index (κ2) is 18.3. The minimum absolute atomic E-state index is 0.0471. The molecule has 7 nitrogen and oxygen atoms in total. The highest BCUT2D eigenvalue weighted by Gasteiger charge is 2.29. The Hall–Kier alpha value is -1.71. The Morgan fingerprint density at radius 2 is 1.40 bits per heavy atom. The van der Waals surface area contributed by atoms with E-state index in [0.717, 1.165) is 19.3 Å². The predicted octanol–water partition coefficient (Wildman–Crippen LogP) is 10.5. The minimum Gasteiger partial charge on any atom is -0.283 e. The maximum absolute atomic E-state index is 12.7. The zero-order valence-electron chi connectivity index (χ0n) is 24.7. The SMILES string of the molecule is CCCCCCCCCCCCCCCCS(=O)(=O)Nc1ccc(Cl)c(N=C2CC(=O)N(c3cc(Cl)cc(Cl)c3Cl)N2)c1. The number of sulfonamides is 1. The third-order valence-electron chi connectivity index (χ3n) is 7.27. The van der Waals surface area contributed by atoms with Crippen molar-refractivity contribution in [2.24, 2.45) is 4.99 Å². The van der Waals surface area contributed by atoms with Crippen LogP contribution < -0.4 is 15.2 Å². The van der Waals surface area contributed by atoms with Gasteiger partial charge >= 0.3 is 0 Å². The van der Waals surface area contributed by atoms with Crippen LogP contribution in [0.1, 0.15) is 103 Å². The molecule has 0 bridgehead atoms. The first-order chi connectivity index (χ1) is 20.6. The van der Waals surface area contributed by atoms with Crippen LogP contribution in [0.25, 0.3) is 0 Å². The molecule has 3 rings (SSSR count). The van der Waals surface area contributed by atoms with Crippen LogP contribution >= 0.6 is 46.4 Å². The van der Waals surface area contributed by atoms with Crippen LogP contribution in [-0.2, 0) is 14.8 Å². The molecule has 43 heavy (non-hydrogen) atoms. The molecule has 238 valence electrons. The normalized spacial score (nSPS) is 14.5. The van der Waals surface area contributed by atoms with Crippen LogP contribution in [0, 0.1) is 0 Å². The summed E-state index contributed by atoms with van der Waals surface area (Å²) in [5.74, 6) is 0.0347. The number of carbonyl (C=O) groups is 1. The van der Waals surface area contributed by atoms with Crippen LogP contribution in [0.5, 0.6) is 0 Å². The quantitative estimate of drug-likeness (QED) is 0.113. The Morgan fingerprint density at radius 1 is 0.814 bits per heavy atom. The molecule has 1 heterocycles. The monoisotopic (exact) mass is 690 g/mol. The summed E-state index contributed by atoms with van der Waals surface area (Å²) in [4.78, 5) is 17.1. The van der Waals surface area contributed by atoms with Crippen molar-refractivity contribution in [2.45, 2.75) is 103 Å². The van der Waals surface area contributed by atoms with Crippen molar-refractivity contribution in [2.75, 3.05) is 15.5 Å². The first-order valence-electron chi connectivity index (χ1n) is 15.2. The van der Waals surface area contributed by atoms with E-state index < -0.39 is 10.0 Å². The second-order valence-electron chi connectivity index (χ2n) is 11.0. The number of hydrogen-bond acceptors (Lipinski definition) is 4. The molecule has 1 aliphatic heterocycles. The van der Waals surface area contributed by atoms with E-state index in [1.165, 1.54) is 87.4 Å². The number of carbonyl (C=O) groups excluding carboxylic acids is 1. The Labute approximate surface area is 276 Å². The van der Waals surface area contributed by atoms with Crippen molar-refractivity contribution in [3.8, 4) is 0 Å². The number of aliphatic imine (C=N–C) groups is 1. The molecule has 0 unspecified atom stereocenters. The summed E-state index contributed by atoms with van der Waals surface area (Å²) < 4.78 is 28.0. The summed E-state index contributed by atoms with van der Waals surface area (Å²) in [5, 5.41) is 2.22. The topological polar surface area (TPSA) is 90.9 Å². The molecular formula is C31H42Cl4N4O3S. The van der Waals surface area contributed by atoms with E-state index in [2.05, 4.69) is 22.1 Å². The molecule has 0 radical (unpaired) electrons. The summed E-state index contributed by atoms with van der Waals surface area (Å²) in [6, 6.07) is 7.69. The van der Waals surface area contributed by atoms with Crippen LogP contribution in [0.2, 0.25) is 20.1 Å². The predicted molar refractivity (Wildman–Crippen MR) is 183 cm³/mol. The van der Waals surface area contributed by atoms with Crippen LogP contribution in [0.4, 0.5) is 17.1 Å². The molecule has 1 amide bonds. The minimum atomic E-state index is -3.53. The van der Waals surface area contributed by atoms with Gasteiger partial charge in [0.25, 0.3) is 5.91 Å². The van der Waals surface area contributed by atoms with Gasteiger partial charge in [-0.3, -0.25) is 14.9 Å². The van der Waals surface area contributed by atoms with Crippen LogP contribution in [-0.4, -0.2) is 25.9 Å². The van der Waals surface area contributed by atoms with Gasteiger partial charge < -0.3 is 0 Å². The number of hydrazine groups is 1. The number of amidine groups is 1. The molecule has 2 N–H and O–H groups in total. The molecule has 12 heteroatoms.